The molecule has 1 aromatic heterocycles. The van der Waals surface area contributed by atoms with Crippen LogP contribution >= 0.6 is 0 Å². The molecule has 0 saturated carbocycles. The highest BCUT2D eigenvalue weighted by molar-refractivity contribution is 5.79. The summed E-state index contributed by atoms with van der Waals surface area (Å²) >= 11 is 0. The lowest BCUT2D eigenvalue weighted by atomic mass is 10.3. The molecule has 0 spiro atoms. The summed E-state index contributed by atoms with van der Waals surface area (Å²) in [5, 5.41) is 0. The predicted molar refractivity (Wildman–Crippen MR) is 47.0 cm³/mol. The number of Topliss-reactive ketones (excluding diaryl/α,β-unsaturated/α-hetero) is 1. The zero-order chi connectivity index (χ0) is 9.52. The zero-order valence-corrected chi connectivity index (χ0v) is 7.56. The Morgan fingerprint density at radius 2 is 2.15 bits per heavy atom. The highest BCUT2D eigenvalue weighted by Gasteiger charge is 1.98. The minimum absolute atomic E-state index is 0.108. The van der Waals surface area contributed by atoms with Crippen molar-refractivity contribution < 1.29 is 9.53 Å². The molecule has 0 N–H and O–H groups in total. The fourth-order valence-corrected chi connectivity index (χ4v) is 0.789. The highest BCUT2D eigenvalue weighted by atomic mass is 16.5. The van der Waals surface area contributed by atoms with Crippen molar-refractivity contribution in [2.75, 3.05) is 6.61 Å². The second-order valence-corrected chi connectivity index (χ2v) is 2.63. The molecule has 0 aliphatic heterocycles. The molecule has 4 nitrogen and oxygen atoms in total. The van der Waals surface area contributed by atoms with Gasteiger partial charge < -0.3 is 4.74 Å². The fourth-order valence-electron chi connectivity index (χ4n) is 0.789. The third-order valence-corrected chi connectivity index (χ3v) is 1.54. The van der Waals surface area contributed by atoms with E-state index < -0.39 is 0 Å². The van der Waals surface area contributed by atoms with E-state index in [2.05, 4.69) is 9.97 Å². The summed E-state index contributed by atoms with van der Waals surface area (Å²) in [5.41, 5.74) is 0.881. The maximum Gasteiger partial charge on any atom is 0.158 e. The summed E-state index contributed by atoms with van der Waals surface area (Å²) < 4.78 is 5.14. The van der Waals surface area contributed by atoms with E-state index in [0.29, 0.717) is 13.0 Å². The van der Waals surface area contributed by atoms with Gasteiger partial charge in [0.05, 0.1) is 6.61 Å². The van der Waals surface area contributed by atoms with Crippen LogP contribution < -0.4 is 0 Å². The number of ketones is 1. The van der Waals surface area contributed by atoms with Crippen LogP contribution in [0.25, 0.3) is 0 Å². The van der Waals surface area contributed by atoms with E-state index >= 15 is 0 Å². The first-order valence-electron chi connectivity index (χ1n) is 4.16. The van der Waals surface area contributed by atoms with Gasteiger partial charge in [-0.1, -0.05) is 6.92 Å². The molecule has 0 aliphatic rings. The number of hydrogen-bond acceptors (Lipinski definition) is 4. The quantitative estimate of drug-likeness (QED) is 0.677. The highest BCUT2D eigenvalue weighted by Crippen LogP contribution is 1.96. The van der Waals surface area contributed by atoms with Gasteiger partial charge in [-0.05, 0) is 0 Å². The smallest absolute Gasteiger partial charge is 0.158 e. The van der Waals surface area contributed by atoms with Crippen LogP contribution in [0.5, 0.6) is 0 Å². The van der Waals surface area contributed by atoms with Crippen molar-refractivity contribution in [3.05, 3.63) is 24.3 Å². The van der Waals surface area contributed by atoms with Gasteiger partial charge in [-0.2, -0.15) is 0 Å². The van der Waals surface area contributed by atoms with Crippen molar-refractivity contribution in [1.82, 2.24) is 9.97 Å². The molecular weight excluding hydrogens is 168 g/mol. The molecule has 0 bridgehead atoms. The number of carbonyl (C=O) groups is 1. The van der Waals surface area contributed by atoms with E-state index in [0.717, 1.165) is 5.56 Å². The summed E-state index contributed by atoms with van der Waals surface area (Å²) in [7, 11) is 0. The van der Waals surface area contributed by atoms with Crippen LogP contribution in [0.3, 0.4) is 0 Å². The van der Waals surface area contributed by atoms with Gasteiger partial charge >= 0.3 is 0 Å². The Bertz CT molecular complexity index is 262. The molecule has 0 saturated heterocycles. The molecule has 0 atom stereocenters. The molecule has 70 valence electrons. The number of hydrogen-bond donors (Lipinski definition) is 0. The van der Waals surface area contributed by atoms with Gasteiger partial charge in [-0.25, -0.2) is 9.97 Å². The molecule has 0 amide bonds. The molecular formula is C9H12N2O2. The van der Waals surface area contributed by atoms with Crippen molar-refractivity contribution in [3.8, 4) is 0 Å². The van der Waals surface area contributed by atoms with Gasteiger partial charge in [0.25, 0.3) is 0 Å². The van der Waals surface area contributed by atoms with E-state index in [-0.39, 0.29) is 12.4 Å². The second kappa shape index (κ2) is 5.37. The molecule has 1 aromatic rings. The average molecular weight is 180 g/mol. The lowest BCUT2D eigenvalue weighted by Gasteiger charge is -2.00. The van der Waals surface area contributed by atoms with Crippen LogP contribution in [0.2, 0.25) is 0 Å². The number of aromatic nitrogens is 2. The molecule has 0 aliphatic carbocycles. The Hall–Kier alpha value is -1.29. The molecule has 1 rings (SSSR count). The maximum absolute atomic E-state index is 10.8. The maximum atomic E-state index is 10.8. The Kier molecular flexibility index (Phi) is 4.05. The first kappa shape index (κ1) is 9.80. The van der Waals surface area contributed by atoms with Crippen LogP contribution in [0.15, 0.2) is 18.7 Å². The monoisotopic (exact) mass is 180 g/mol. The van der Waals surface area contributed by atoms with E-state index in [9.17, 15) is 4.79 Å². The van der Waals surface area contributed by atoms with E-state index in [1.165, 1.54) is 6.33 Å². The molecule has 13 heavy (non-hydrogen) atoms. The van der Waals surface area contributed by atoms with E-state index in [1.807, 2.05) is 6.92 Å². The van der Waals surface area contributed by atoms with Crippen LogP contribution in [0.4, 0.5) is 0 Å². The summed E-state index contributed by atoms with van der Waals surface area (Å²) in [4.78, 5) is 18.5. The Morgan fingerprint density at radius 1 is 1.46 bits per heavy atom. The fraction of sp³-hybridized carbons (Fsp3) is 0.444. The van der Waals surface area contributed by atoms with Gasteiger partial charge in [0, 0.05) is 24.4 Å². The number of nitrogens with zero attached hydrogens (tertiary/aromatic N) is 2. The van der Waals surface area contributed by atoms with Gasteiger partial charge in [0.15, 0.2) is 5.78 Å². The lowest BCUT2D eigenvalue weighted by Crippen LogP contribution is -2.06. The summed E-state index contributed by atoms with van der Waals surface area (Å²) in [6, 6.07) is 0. The molecule has 0 aromatic carbocycles. The number of rotatable bonds is 5. The largest absolute Gasteiger partial charge is 0.369 e. The Morgan fingerprint density at radius 3 is 2.77 bits per heavy atom. The zero-order valence-electron chi connectivity index (χ0n) is 7.56. The van der Waals surface area contributed by atoms with Crippen LogP contribution in [0.1, 0.15) is 18.9 Å². The number of carbonyl (C=O) groups excluding carboxylic acids is 1. The first-order valence-corrected chi connectivity index (χ1v) is 4.16. The Labute approximate surface area is 77.0 Å². The summed E-state index contributed by atoms with van der Waals surface area (Å²) in [6.07, 6.45) is 5.32. The van der Waals surface area contributed by atoms with Crippen molar-refractivity contribution in [2.24, 2.45) is 0 Å². The third-order valence-electron chi connectivity index (χ3n) is 1.54. The third kappa shape index (κ3) is 3.75. The van der Waals surface area contributed by atoms with Gasteiger partial charge in [-0.15, -0.1) is 0 Å². The minimum Gasteiger partial charge on any atom is -0.369 e. The topological polar surface area (TPSA) is 52.1 Å². The van der Waals surface area contributed by atoms with Crippen LogP contribution in [-0.2, 0) is 16.1 Å². The Balaban J connectivity index is 2.24. The molecule has 0 unspecified atom stereocenters. The van der Waals surface area contributed by atoms with Gasteiger partial charge in [0.2, 0.25) is 0 Å². The first-order chi connectivity index (χ1) is 6.33. The average Bonchev–Trinajstić information content (AvgIpc) is 2.19. The molecule has 0 radical (unpaired) electrons. The van der Waals surface area contributed by atoms with Crippen molar-refractivity contribution in [3.63, 3.8) is 0 Å². The minimum atomic E-state index is 0.108. The summed E-state index contributed by atoms with van der Waals surface area (Å²) in [5.74, 6) is 0.108. The lowest BCUT2D eigenvalue weighted by molar-refractivity contribution is -0.123. The van der Waals surface area contributed by atoms with Crippen LogP contribution in [-0.4, -0.2) is 22.4 Å². The predicted octanol–water partition coefficient (Wildman–Crippen LogP) is 0.972. The van der Waals surface area contributed by atoms with Crippen molar-refractivity contribution >= 4 is 5.78 Å². The van der Waals surface area contributed by atoms with Crippen LogP contribution in [0, 0.1) is 0 Å². The molecule has 4 heteroatoms. The van der Waals surface area contributed by atoms with E-state index in [4.69, 9.17) is 4.74 Å². The van der Waals surface area contributed by atoms with Crippen molar-refractivity contribution in [2.45, 2.75) is 20.0 Å². The summed E-state index contributed by atoms with van der Waals surface area (Å²) in [6.45, 7) is 2.38. The van der Waals surface area contributed by atoms with E-state index in [1.54, 1.807) is 12.4 Å². The molecule has 0 fully saturated rings. The van der Waals surface area contributed by atoms with Gasteiger partial charge in [-0.3, -0.25) is 4.79 Å². The van der Waals surface area contributed by atoms with Gasteiger partial charge in [0.1, 0.15) is 12.9 Å². The number of ether oxygens (including phenoxy) is 1. The SMILES string of the molecule is CCC(=O)COCc1cncnc1. The molecule has 1 heterocycles. The van der Waals surface area contributed by atoms with Crippen molar-refractivity contribution in [1.29, 1.82) is 0 Å². The second-order valence-electron chi connectivity index (χ2n) is 2.63. The standard InChI is InChI=1S/C9H12N2O2/c1-2-9(12)6-13-5-8-3-10-7-11-4-8/h3-4,7H,2,5-6H2,1H3. The normalized spacial score (nSPS) is 9.92.